The van der Waals surface area contributed by atoms with Crippen LogP contribution in [0.5, 0.6) is 0 Å². The van der Waals surface area contributed by atoms with Crippen LogP contribution < -0.4 is 8.90 Å². The van der Waals surface area contributed by atoms with Crippen LogP contribution in [-0.4, -0.2) is 163 Å². The molecule has 0 atom stereocenters. The first-order chi connectivity index (χ1) is 34.8. The molecule has 0 aliphatic carbocycles. The molecule has 472 valence electrons. The quantitative estimate of drug-likeness (QED) is 0.0670. The summed E-state index contributed by atoms with van der Waals surface area (Å²) in [5.74, 6) is -130. The third-order valence-electron chi connectivity index (χ3n) is 12.1. The molecule has 1 N–H and O–H groups in total. The van der Waals surface area contributed by atoms with Crippen molar-refractivity contribution in [1.82, 2.24) is 10.2 Å². The fraction of sp³-hybridized carbons (Fsp3) is 0.811. The molecule has 0 fully saturated rings. The Labute approximate surface area is 423 Å². The summed E-state index contributed by atoms with van der Waals surface area (Å²) >= 11 is -8.50. The van der Waals surface area contributed by atoms with E-state index in [0.29, 0.717) is 0 Å². The van der Waals surface area contributed by atoms with Crippen LogP contribution in [0.25, 0.3) is 0 Å². The molecule has 43 heteroatoms. The summed E-state index contributed by atoms with van der Waals surface area (Å²) in [7, 11) is 0. The Morgan fingerprint density at radius 1 is 0.388 bits per heavy atom. The monoisotopic (exact) mass is 1380 g/mol. The second kappa shape index (κ2) is 22.3. The Hall–Kier alpha value is -3.28. The molecule has 0 heterocycles. The average molecular weight is 1380 g/mol. The number of hydrogen-bond acceptors (Lipinski definition) is 2. The maximum atomic E-state index is 15.4. The molecule has 80 heavy (non-hydrogen) atoms. The Bertz CT molecular complexity index is 2070. The van der Waals surface area contributed by atoms with Crippen molar-refractivity contribution in [3.05, 3.63) is 29.8 Å². The first-order valence-electron chi connectivity index (χ1n) is 20.7. The predicted octanol–water partition coefficient (Wildman–Crippen LogP) is 15.8. The van der Waals surface area contributed by atoms with Crippen molar-refractivity contribution < 1.29 is 176 Å². The fourth-order valence-electron chi connectivity index (χ4n) is 6.83. The van der Waals surface area contributed by atoms with E-state index in [1.165, 1.54) is 18.7 Å². The average Bonchev–Trinajstić information content (AvgIpc) is 3.28. The number of halogens is 39. The molecule has 3 nitrogen and oxygen atoms in total. The molecule has 1 aromatic rings. The van der Waals surface area contributed by atoms with Crippen molar-refractivity contribution in [2.45, 2.75) is 154 Å². The van der Waals surface area contributed by atoms with Crippen molar-refractivity contribution >= 4 is 27.9 Å². The van der Waals surface area contributed by atoms with Crippen molar-refractivity contribution in [3.8, 4) is 0 Å². The summed E-state index contributed by atoms with van der Waals surface area (Å²) in [6.45, 7) is 2.19. The zero-order valence-electron chi connectivity index (χ0n) is 38.5. The normalized spacial score (nSPS) is 16.0. The van der Waals surface area contributed by atoms with E-state index in [4.69, 9.17) is 0 Å². The zero-order chi connectivity index (χ0) is 64.4. The van der Waals surface area contributed by atoms with Gasteiger partial charge in [0.2, 0.25) is 0 Å². The molecule has 0 spiro atoms. The summed E-state index contributed by atoms with van der Waals surface area (Å²) in [5.41, 5.74) is -1.39. The summed E-state index contributed by atoms with van der Waals surface area (Å²) in [6.07, 6.45) is -36.8. The topological polar surface area (TPSA) is 32.3 Å². The van der Waals surface area contributed by atoms with Crippen molar-refractivity contribution in [3.63, 3.8) is 0 Å². The molecular formula is C37H31F39N2OSn. The summed E-state index contributed by atoms with van der Waals surface area (Å²) in [6, 6.07) is -0.241. The second-order valence-corrected chi connectivity index (χ2v) is 30.4. The number of nitrogens with one attached hydrogen (secondary N) is 1. The van der Waals surface area contributed by atoms with Gasteiger partial charge in [0, 0.05) is 0 Å². The number of benzene rings is 1. The van der Waals surface area contributed by atoms with Crippen molar-refractivity contribution in [2.75, 3.05) is 26.2 Å². The first kappa shape index (κ1) is 74.7. The zero-order valence-corrected chi connectivity index (χ0v) is 41.3. The molecule has 0 unspecified atom stereocenters. The molecule has 0 aromatic heterocycles. The predicted molar refractivity (Wildman–Crippen MR) is 193 cm³/mol. The van der Waals surface area contributed by atoms with Gasteiger partial charge in [-0.05, 0) is 0 Å². The Morgan fingerprint density at radius 2 is 0.637 bits per heavy atom. The van der Waals surface area contributed by atoms with E-state index < -0.39 is 180 Å². The molecule has 0 radical (unpaired) electrons. The first-order valence-corrected chi connectivity index (χ1v) is 28.2. The third-order valence-corrected chi connectivity index (χ3v) is 26.8. The Morgan fingerprint density at radius 3 is 0.875 bits per heavy atom. The summed E-state index contributed by atoms with van der Waals surface area (Å²) in [4.78, 5) is 14.5. The van der Waals surface area contributed by atoms with Crippen LogP contribution in [0.1, 0.15) is 43.5 Å². The number of hydrogen-bond donors (Lipinski definition) is 1. The van der Waals surface area contributed by atoms with Crippen LogP contribution >= 0.6 is 0 Å². The number of likely N-dealkylation sites (N-methyl/N-ethyl adjacent to an activating group) is 1. The summed E-state index contributed by atoms with van der Waals surface area (Å²) in [5, 5.41) is 1.86. The molecular weight excluding hydrogens is 1350 g/mol. The molecule has 0 saturated heterocycles. The molecule has 0 saturated carbocycles. The van der Waals surface area contributed by atoms with E-state index in [0.717, 1.165) is 0 Å². The van der Waals surface area contributed by atoms with Gasteiger partial charge in [-0.3, -0.25) is 0 Å². The van der Waals surface area contributed by atoms with Crippen LogP contribution in [0.3, 0.4) is 0 Å². The number of rotatable bonds is 28. The van der Waals surface area contributed by atoms with E-state index in [2.05, 4.69) is 0 Å². The minimum absolute atomic E-state index is 0.0440. The van der Waals surface area contributed by atoms with E-state index in [9.17, 15) is 150 Å². The summed E-state index contributed by atoms with van der Waals surface area (Å²) < 4.78 is 537. The van der Waals surface area contributed by atoms with E-state index in [1.54, 1.807) is 0 Å². The van der Waals surface area contributed by atoms with Gasteiger partial charge in [-0.15, -0.1) is 0 Å². The Kier molecular flexibility index (Phi) is 20.8. The molecule has 0 aliphatic rings. The number of amides is 1. The van der Waals surface area contributed by atoms with Crippen LogP contribution in [0.15, 0.2) is 24.3 Å². The fourth-order valence-corrected chi connectivity index (χ4v) is 20.8. The van der Waals surface area contributed by atoms with Gasteiger partial charge in [0.05, 0.1) is 0 Å². The number of carbonyl (C=O) groups excluding carboxylic acids is 1. The van der Waals surface area contributed by atoms with Gasteiger partial charge in [-0.2, -0.15) is 0 Å². The third kappa shape index (κ3) is 12.2. The molecule has 1 rings (SSSR count). The van der Waals surface area contributed by atoms with Crippen molar-refractivity contribution in [2.24, 2.45) is 0 Å². The van der Waals surface area contributed by atoms with Gasteiger partial charge >= 0.3 is 424 Å². The van der Waals surface area contributed by atoms with E-state index >= 15 is 26.3 Å². The molecule has 0 aliphatic heterocycles. The second-order valence-electron chi connectivity index (χ2n) is 17.1. The van der Waals surface area contributed by atoms with Gasteiger partial charge in [0.25, 0.3) is 0 Å². The SMILES string of the molecule is CCN(CC)CCNC(=O)c1ccc[c]([Sn]([CH2]CC(F)(F)C(F)(F)C(F)(F)C(F)(F)C(F)(F)C(F)(F)F)([CH2]CC(F)(F)C(F)(F)C(F)(F)C(F)(F)C(F)(F)C(F)(F)F)[CH2]CC(F)(F)C(F)(F)C(F)(F)C(F)(F)C(F)(F)C(F)(F)F)c1. The minimum atomic E-state index is -8.93. The van der Waals surface area contributed by atoms with Crippen LogP contribution in [-0.2, 0) is 0 Å². The van der Waals surface area contributed by atoms with Gasteiger partial charge in [-0.25, -0.2) is 0 Å². The molecule has 1 amide bonds. The number of alkyl halides is 39. The molecule has 0 bridgehead atoms. The van der Waals surface area contributed by atoms with Crippen molar-refractivity contribution in [1.29, 1.82) is 0 Å². The van der Waals surface area contributed by atoms with Gasteiger partial charge in [-0.1, -0.05) is 0 Å². The van der Waals surface area contributed by atoms with Crippen LogP contribution in [0.4, 0.5) is 171 Å². The van der Waals surface area contributed by atoms with E-state index in [1.807, 2.05) is 5.32 Å². The number of nitrogens with zero attached hydrogens (tertiary/aromatic N) is 1. The van der Waals surface area contributed by atoms with Crippen LogP contribution in [0.2, 0.25) is 13.3 Å². The maximum absolute atomic E-state index is 15.4. The van der Waals surface area contributed by atoms with E-state index in [-0.39, 0.29) is 43.9 Å². The molecule has 1 aromatic carbocycles. The number of carbonyl (C=O) groups is 1. The van der Waals surface area contributed by atoms with Gasteiger partial charge in [0.1, 0.15) is 0 Å². The Balaban J connectivity index is 4.71. The standard InChI is InChI=1S/C13H19N2O.3C8H4F13.Sn/c1-3-15(4-2)11-10-14-13(16)12-8-6-5-7-9-12;3*1-2-3(9,10)4(11,12)5(13,14)6(15,16)7(17,18)8(19,20)21;/h5-6,8-9H,3-4,10-11H2,1-2H3,(H,14,16);3*1-2H2;. The van der Waals surface area contributed by atoms with Gasteiger partial charge in [0.15, 0.2) is 0 Å². The van der Waals surface area contributed by atoms with Gasteiger partial charge < -0.3 is 0 Å². The van der Waals surface area contributed by atoms with Crippen LogP contribution in [0, 0.1) is 0 Å².